The van der Waals surface area contributed by atoms with Gasteiger partial charge >= 0.3 is 5.97 Å². The van der Waals surface area contributed by atoms with E-state index in [1.807, 2.05) is 60.7 Å². The molecule has 6 rings (SSSR count). The van der Waals surface area contributed by atoms with Gasteiger partial charge in [-0.15, -0.1) is 11.8 Å². The van der Waals surface area contributed by atoms with Crippen molar-refractivity contribution >= 4 is 52.9 Å². The summed E-state index contributed by atoms with van der Waals surface area (Å²) in [5.74, 6) is -1.73. The minimum Gasteiger partial charge on any atom is -0.489 e. The molecule has 6 aromatic carbocycles. The summed E-state index contributed by atoms with van der Waals surface area (Å²) in [5.41, 5.74) is 3.81. The highest BCUT2D eigenvalue weighted by Crippen LogP contribution is 2.37. The summed E-state index contributed by atoms with van der Waals surface area (Å²) in [6.45, 7) is 0.414. The molecule has 0 aromatic heterocycles. The third-order valence-corrected chi connectivity index (χ3v) is 9.32. The Balaban J connectivity index is 1.17. The van der Waals surface area contributed by atoms with Gasteiger partial charge in [0.15, 0.2) is 0 Å². The highest BCUT2D eigenvalue weighted by Gasteiger charge is 2.23. The van der Waals surface area contributed by atoms with Crippen LogP contribution in [0, 0.1) is 0 Å². The third-order valence-electron chi connectivity index (χ3n) is 8.05. The Morgan fingerprint density at radius 2 is 1.28 bits per heavy atom. The fourth-order valence-electron chi connectivity index (χ4n) is 5.30. The van der Waals surface area contributed by atoms with Crippen molar-refractivity contribution in [2.24, 2.45) is 0 Å². The van der Waals surface area contributed by atoms with E-state index in [0.29, 0.717) is 34.9 Å². The predicted molar refractivity (Wildman–Crippen MR) is 211 cm³/mol. The third kappa shape index (κ3) is 10.3. The number of carboxylic acids is 1. The van der Waals surface area contributed by atoms with Crippen molar-refractivity contribution in [3.63, 3.8) is 0 Å². The Morgan fingerprint density at radius 1 is 0.648 bits per heavy atom. The number of benzene rings is 6. The van der Waals surface area contributed by atoms with E-state index in [0.717, 1.165) is 16.0 Å². The SMILES string of the molecule is O=C(Nc1ccc(SC(C(=O)Nc2cccc(C(=O)O)c2)c2ccccc2)cc1)/C(=C/c1ccc(OCc2ccccc2)cc1)NC(=O)c1ccccc1. The van der Waals surface area contributed by atoms with Crippen LogP contribution < -0.4 is 20.7 Å². The maximum absolute atomic E-state index is 13.7. The van der Waals surface area contributed by atoms with Crippen molar-refractivity contribution in [1.82, 2.24) is 5.32 Å². The summed E-state index contributed by atoms with van der Waals surface area (Å²) in [6.07, 6.45) is 1.59. The molecule has 0 saturated carbocycles. The number of anilines is 2. The zero-order valence-electron chi connectivity index (χ0n) is 28.8. The van der Waals surface area contributed by atoms with Crippen molar-refractivity contribution in [2.45, 2.75) is 16.8 Å². The Bertz CT molecular complexity index is 2250. The normalized spacial score (nSPS) is 11.5. The molecule has 54 heavy (non-hydrogen) atoms. The largest absolute Gasteiger partial charge is 0.489 e. The molecular weight excluding hydrogens is 699 g/mol. The number of carbonyl (C=O) groups excluding carboxylic acids is 3. The van der Waals surface area contributed by atoms with Gasteiger partial charge in [0.05, 0.1) is 5.56 Å². The fraction of sp³-hybridized carbons (Fsp3) is 0.0455. The van der Waals surface area contributed by atoms with Gasteiger partial charge in [-0.2, -0.15) is 0 Å². The van der Waals surface area contributed by atoms with E-state index < -0.39 is 23.0 Å². The van der Waals surface area contributed by atoms with Crippen molar-refractivity contribution in [1.29, 1.82) is 0 Å². The fourth-order valence-corrected chi connectivity index (χ4v) is 6.32. The van der Waals surface area contributed by atoms with Gasteiger partial charge < -0.3 is 25.8 Å². The van der Waals surface area contributed by atoms with Crippen molar-refractivity contribution in [3.05, 3.63) is 197 Å². The summed E-state index contributed by atoms with van der Waals surface area (Å²) >= 11 is 1.30. The van der Waals surface area contributed by atoms with Gasteiger partial charge in [-0.25, -0.2) is 4.79 Å². The number of aromatic carboxylic acids is 1. The van der Waals surface area contributed by atoms with Crippen LogP contribution in [0.2, 0.25) is 0 Å². The molecular formula is C44H35N3O6S. The Labute approximate surface area is 316 Å². The first-order valence-electron chi connectivity index (χ1n) is 16.9. The number of thioether (sulfide) groups is 1. The zero-order chi connectivity index (χ0) is 37.7. The minimum absolute atomic E-state index is 0.0352. The quantitative estimate of drug-likeness (QED) is 0.0649. The molecule has 1 atom stereocenters. The molecule has 0 fully saturated rings. The van der Waals surface area contributed by atoms with Crippen LogP contribution in [-0.4, -0.2) is 28.8 Å². The number of carbonyl (C=O) groups is 4. The summed E-state index contributed by atoms with van der Waals surface area (Å²) in [6, 6.07) is 48.0. The van der Waals surface area contributed by atoms with Crippen LogP contribution in [0.3, 0.4) is 0 Å². The minimum atomic E-state index is -1.09. The first-order valence-corrected chi connectivity index (χ1v) is 17.8. The molecule has 0 radical (unpaired) electrons. The number of carboxylic acid groups (broad SMARTS) is 1. The number of rotatable bonds is 14. The standard InChI is InChI=1S/C44H35N3O6S/c48-41(33-15-8-3-9-16-33)47-39(27-30-19-23-37(24-20-30)53-29-31-11-4-1-5-12-31)42(49)45-35-21-25-38(26-22-35)54-40(32-13-6-2-7-14-32)43(50)46-36-18-10-17-34(28-36)44(51)52/h1-28,40H,29H2,(H,45,49)(H,46,50)(H,47,48)(H,51,52)/b39-27-. The van der Waals surface area contributed by atoms with Gasteiger partial charge in [-0.1, -0.05) is 97.1 Å². The maximum atomic E-state index is 13.7. The summed E-state index contributed by atoms with van der Waals surface area (Å²) in [4.78, 5) is 52.6. The van der Waals surface area contributed by atoms with Gasteiger partial charge in [-0.05, 0) is 89.5 Å². The molecule has 6 aromatic rings. The molecule has 1 unspecified atom stereocenters. The molecule has 0 bridgehead atoms. The molecule has 0 saturated heterocycles. The van der Waals surface area contributed by atoms with Gasteiger partial charge in [0.25, 0.3) is 11.8 Å². The summed E-state index contributed by atoms with van der Waals surface area (Å²) < 4.78 is 5.90. The van der Waals surface area contributed by atoms with Crippen molar-refractivity contribution in [2.75, 3.05) is 10.6 Å². The lowest BCUT2D eigenvalue weighted by molar-refractivity contribution is -0.116. The Kier molecular flexibility index (Phi) is 12.3. The van der Waals surface area contributed by atoms with Crippen LogP contribution in [0.1, 0.15) is 42.7 Å². The smallest absolute Gasteiger partial charge is 0.335 e. The molecule has 0 spiro atoms. The van der Waals surface area contributed by atoms with Crippen LogP contribution in [0.15, 0.2) is 174 Å². The number of ether oxygens (including phenoxy) is 1. The summed E-state index contributed by atoms with van der Waals surface area (Å²) in [7, 11) is 0. The molecule has 268 valence electrons. The molecule has 9 nitrogen and oxygen atoms in total. The lowest BCUT2D eigenvalue weighted by Gasteiger charge is -2.18. The number of hydrogen-bond acceptors (Lipinski definition) is 6. The average Bonchev–Trinajstić information content (AvgIpc) is 3.21. The van der Waals surface area contributed by atoms with E-state index in [1.54, 1.807) is 97.1 Å². The molecule has 0 aliphatic carbocycles. The topological polar surface area (TPSA) is 134 Å². The molecule has 0 aliphatic rings. The first kappa shape index (κ1) is 36.9. The second-order valence-electron chi connectivity index (χ2n) is 12.0. The van der Waals surface area contributed by atoms with Gasteiger partial charge in [0.1, 0.15) is 23.3 Å². The van der Waals surface area contributed by atoms with E-state index in [1.165, 1.54) is 23.9 Å². The second kappa shape index (κ2) is 18.0. The summed E-state index contributed by atoms with van der Waals surface area (Å²) in [5, 5.41) is 17.2. The van der Waals surface area contributed by atoms with Crippen LogP contribution in [-0.2, 0) is 16.2 Å². The van der Waals surface area contributed by atoms with E-state index >= 15 is 0 Å². The second-order valence-corrected chi connectivity index (χ2v) is 13.2. The van der Waals surface area contributed by atoms with E-state index in [4.69, 9.17) is 4.74 Å². The average molecular weight is 734 g/mol. The van der Waals surface area contributed by atoms with Crippen LogP contribution in [0.5, 0.6) is 5.75 Å². The molecule has 0 aliphatic heterocycles. The van der Waals surface area contributed by atoms with Crippen molar-refractivity contribution < 1.29 is 29.0 Å². The highest BCUT2D eigenvalue weighted by atomic mass is 32.2. The molecule has 3 amide bonds. The van der Waals surface area contributed by atoms with E-state index in [-0.39, 0.29) is 17.2 Å². The predicted octanol–water partition coefficient (Wildman–Crippen LogP) is 8.85. The van der Waals surface area contributed by atoms with Crippen LogP contribution in [0.4, 0.5) is 11.4 Å². The Hall–Kier alpha value is -6.91. The maximum Gasteiger partial charge on any atom is 0.335 e. The first-order chi connectivity index (χ1) is 26.3. The van der Waals surface area contributed by atoms with Crippen molar-refractivity contribution in [3.8, 4) is 5.75 Å². The number of hydrogen-bond donors (Lipinski definition) is 4. The molecule has 4 N–H and O–H groups in total. The molecule has 0 heterocycles. The lowest BCUT2D eigenvalue weighted by Crippen LogP contribution is -2.30. The highest BCUT2D eigenvalue weighted by molar-refractivity contribution is 8.00. The van der Waals surface area contributed by atoms with Crippen LogP contribution >= 0.6 is 11.8 Å². The monoisotopic (exact) mass is 733 g/mol. The molecule has 10 heteroatoms. The van der Waals surface area contributed by atoms with E-state index in [9.17, 15) is 24.3 Å². The lowest BCUT2D eigenvalue weighted by atomic mass is 10.1. The van der Waals surface area contributed by atoms with Gasteiger partial charge in [0.2, 0.25) is 5.91 Å². The zero-order valence-corrected chi connectivity index (χ0v) is 29.7. The van der Waals surface area contributed by atoms with Gasteiger partial charge in [0, 0.05) is 21.8 Å². The van der Waals surface area contributed by atoms with Crippen LogP contribution in [0.25, 0.3) is 6.08 Å². The van der Waals surface area contributed by atoms with E-state index in [2.05, 4.69) is 16.0 Å². The number of amides is 3. The number of nitrogens with one attached hydrogen (secondary N) is 3. The van der Waals surface area contributed by atoms with Gasteiger partial charge in [-0.3, -0.25) is 14.4 Å². The Morgan fingerprint density at radius 3 is 1.94 bits per heavy atom.